The van der Waals surface area contributed by atoms with Crippen molar-refractivity contribution in [1.29, 1.82) is 0 Å². The predicted octanol–water partition coefficient (Wildman–Crippen LogP) is 5.27. The molecular weight excluding hydrogens is 486 g/mol. The van der Waals surface area contributed by atoms with E-state index in [0.717, 1.165) is 32.6 Å². The van der Waals surface area contributed by atoms with Gasteiger partial charge in [0.1, 0.15) is 23.1 Å². The van der Waals surface area contributed by atoms with Crippen molar-refractivity contribution in [2.75, 3.05) is 7.11 Å². The molecule has 9 nitrogen and oxygen atoms in total. The highest BCUT2D eigenvalue weighted by Crippen LogP contribution is 2.25. The molecule has 198 valence electrons. The molecular formula is C29H31N3O6. The van der Waals surface area contributed by atoms with Gasteiger partial charge in [0.05, 0.1) is 18.3 Å². The maximum absolute atomic E-state index is 12.2. The van der Waals surface area contributed by atoms with Crippen LogP contribution in [0, 0.1) is 0 Å². The average molecular weight is 518 g/mol. The molecule has 1 aromatic heterocycles. The van der Waals surface area contributed by atoms with E-state index < -0.39 is 23.7 Å². The number of rotatable bonds is 8. The van der Waals surface area contributed by atoms with Gasteiger partial charge in [0, 0.05) is 18.2 Å². The maximum atomic E-state index is 12.2. The number of benzene rings is 3. The van der Waals surface area contributed by atoms with E-state index in [1.807, 2.05) is 60.7 Å². The third kappa shape index (κ3) is 6.82. The van der Waals surface area contributed by atoms with Gasteiger partial charge in [-0.15, -0.1) is 9.94 Å². The maximum Gasteiger partial charge on any atom is 0.408 e. The Balaban J connectivity index is 1.37. The van der Waals surface area contributed by atoms with E-state index >= 15 is 0 Å². The molecule has 0 aliphatic heterocycles. The molecule has 1 amide bonds. The molecule has 0 saturated carbocycles. The summed E-state index contributed by atoms with van der Waals surface area (Å²) in [5, 5.41) is 17.8. The molecule has 4 rings (SSSR count). The van der Waals surface area contributed by atoms with Crippen molar-refractivity contribution >= 4 is 23.0 Å². The van der Waals surface area contributed by atoms with Gasteiger partial charge in [0.25, 0.3) is 0 Å². The van der Waals surface area contributed by atoms with E-state index in [0.29, 0.717) is 17.9 Å². The first-order valence-electron chi connectivity index (χ1n) is 12.2. The van der Waals surface area contributed by atoms with Crippen LogP contribution in [0.4, 0.5) is 4.79 Å². The summed E-state index contributed by atoms with van der Waals surface area (Å²) in [6.45, 7) is 5.25. The van der Waals surface area contributed by atoms with Gasteiger partial charge < -0.3 is 24.7 Å². The minimum absolute atomic E-state index is 0.233. The largest absolute Gasteiger partial charge is 0.467 e. The SMILES string of the molecule is COC(=O)C(Cc1ccc(Oc2ccc(Cc3c4ccccc4nn3O)cc2)cc1)NC(=O)OC(C)(C)C. The summed E-state index contributed by atoms with van der Waals surface area (Å²) in [4.78, 5) is 25.3. The molecule has 9 heteroatoms. The van der Waals surface area contributed by atoms with Crippen LogP contribution in [0.15, 0.2) is 72.8 Å². The molecule has 0 aliphatic carbocycles. The molecule has 1 unspecified atom stereocenters. The highest BCUT2D eigenvalue weighted by Gasteiger charge is 2.25. The Morgan fingerprint density at radius 2 is 1.55 bits per heavy atom. The van der Waals surface area contributed by atoms with Crippen LogP contribution in [0.25, 0.3) is 10.9 Å². The lowest BCUT2D eigenvalue weighted by Crippen LogP contribution is -2.45. The summed E-state index contributed by atoms with van der Waals surface area (Å²) in [6, 6.07) is 21.6. The van der Waals surface area contributed by atoms with Gasteiger partial charge in [-0.1, -0.05) is 42.5 Å². The van der Waals surface area contributed by atoms with Crippen molar-refractivity contribution < 1.29 is 29.0 Å². The van der Waals surface area contributed by atoms with Crippen LogP contribution in [-0.2, 0) is 27.1 Å². The van der Waals surface area contributed by atoms with Crippen LogP contribution < -0.4 is 10.1 Å². The molecule has 0 fully saturated rings. The second kappa shape index (κ2) is 11.2. The number of ether oxygens (including phenoxy) is 3. The molecule has 0 bridgehead atoms. The van der Waals surface area contributed by atoms with Crippen molar-refractivity contribution in [3.63, 3.8) is 0 Å². The van der Waals surface area contributed by atoms with Gasteiger partial charge in [-0.05, 0) is 62.2 Å². The number of nitrogens with one attached hydrogen (secondary N) is 1. The number of hydrogen-bond donors (Lipinski definition) is 2. The Kier molecular flexibility index (Phi) is 7.85. The smallest absolute Gasteiger partial charge is 0.408 e. The summed E-state index contributed by atoms with van der Waals surface area (Å²) in [5.41, 5.74) is 2.59. The number of fused-ring (bicyclic) bond motifs is 1. The van der Waals surface area contributed by atoms with Gasteiger partial charge in [0.2, 0.25) is 0 Å². The summed E-state index contributed by atoms with van der Waals surface area (Å²) in [5.74, 6) is 0.715. The van der Waals surface area contributed by atoms with Gasteiger partial charge in [-0.2, -0.15) is 0 Å². The molecule has 3 aromatic carbocycles. The van der Waals surface area contributed by atoms with Gasteiger partial charge in [-0.25, -0.2) is 9.59 Å². The molecule has 4 aromatic rings. The topological polar surface area (TPSA) is 112 Å². The second-order valence-corrected chi connectivity index (χ2v) is 9.85. The number of aromatic nitrogens is 2. The van der Waals surface area contributed by atoms with E-state index in [1.165, 1.54) is 7.11 Å². The lowest BCUT2D eigenvalue weighted by atomic mass is 10.1. The molecule has 1 atom stereocenters. The minimum Gasteiger partial charge on any atom is -0.467 e. The summed E-state index contributed by atoms with van der Waals surface area (Å²) < 4.78 is 16.1. The second-order valence-electron chi connectivity index (χ2n) is 9.85. The number of esters is 1. The highest BCUT2D eigenvalue weighted by molar-refractivity contribution is 5.82. The lowest BCUT2D eigenvalue weighted by molar-refractivity contribution is -0.143. The number of amides is 1. The molecule has 0 saturated heterocycles. The average Bonchev–Trinajstić information content (AvgIpc) is 3.19. The van der Waals surface area contributed by atoms with Crippen LogP contribution >= 0.6 is 0 Å². The monoisotopic (exact) mass is 517 g/mol. The highest BCUT2D eigenvalue weighted by atomic mass is 16.6. The molecule has 2 N–H and O–H groups in total. The van der Waals surface area contributed by atoms with Crippen LogP contribution in [0.3, 0.4) is 0 Å². The molecule has 1 heterocycles. The van der Waals surface area contributed by atoms with E-state index in [-0.39, 0.29) is 6.42 Å². The first-order valence-corrected chi connectivity index (χ1v) is 12.2. The minimum atomic E-state index is -0.887. The predicted molar refractivity (Wildman–Crippen MR) is 142 cm³/mol. The van der Waals surface area contributed by atoms with Crippen molar-refractivity contribution in [3.05, 3.63) is 89.6 Å². The summed E-state index contributed by atoms with van der Waals surface area (Å²) in [7, 11) is 1.27. The number of carbonyl (C=O) groups is 2. The molecule has 0 radical (unpaired) electrons. The number of carbonyl (C=O) groups excluding carboxylic acids is 2. The van der Waals surface area contributed by atoms with Crippen LogP contribution in [0.1, 0.15) is 37.6 Å². The lowest BCUT2D eigenvalue weighted by Gasteiger charge is -2.22. The standard InChI is InChI=1S/C29H31N3O6/c1-29(2,3)38-28(34)30-25(27(33)36-4)17-19-9-13-21(14-10-19)37-22-15-11-20(12-16-22)18-26-23-7-5-6-8-24(23)31-32(26)35/h5-16,25,35H,17-18H2,1-4H3,(H,30,34). The van der Waals surface area contributed by atoms with Crippen LogP contribution in [0.5, 0.6) is 11.5 Å². The fourth-order valence-electron chi connectivity index (χ4n) is 3.96. The Labute approximate surface area is 220 Å². The Morgan fingerprint density at radius 1 is 0.947 bits per heavy atom. The van der Waals surface area contributed by atoms with Gasteiger partial charge in [-0.3, -0.25) is 0 Å². The zero-order valence-corrected chi connectivity index (χ0v) is 21.8. The number of methoxy groups -OCH3 is 1. The first kappa shape index (κ1) is 26.5. The number of hydrogen-bond acceptors (Lipinski definition) is 7. The first-order chi connectivity index (χ1) is 18.1. The Morgan fingerprint density at radius 3 is 2.16 bits per heavy atom. The van der Waals surface area contributed by atoms with E-state index in [4.69, 9.17) is 14.2 Å². The van der Waals surface area contributed by atoms with Crippen LogP contribution in [0.2, 0.25) is 0 Å². The Hall–Kier alpha value is -4.53. The van der Waals surface area contributed by atoms with Gasteiger partial charge in [0.15, 0.2) is 0 Å². The zero-order chi connectivity index (χ0) is 27.3. The van der Waals surface area contributed by atoms with Crippen molar-refractivity contribution in [2.24, 2.45) is 0 Å². The van der Waals surface area contributed by atoms with E-state index in [2.05, 4.69) is 10.4 Å². The zero-order valence-electron chi connectivity index (χ0n) is 21.8. The fraction of sp³-hybridized carbons (Fsp3) is 0.276. The molecule has 0 spiro atoms. The summed E-state index contributed by atoms with van der Waals surface area (Å²) >= 11 is 0. The number of alkyl carbamates (subject to hydrolysis) is 1. The third-order valence-corrected chi connectivity index (χ3v) is 5.73. The number of nitrogens with zero attached hydrogens (tertiary/aromatic N) is 2. The van der Waals surface area contributed by atoms with Crippen molar-refractivity contribution in [1.82, 2.24) is 15.3 Å². The quantitative estimate of drug-likeness (QED) is 0.242. The fourth-order valence-corrected chi connectivity index (χ4v) is 3.96. The normalized spacial score (nSPS) is 12.1. The molecule has 38 heavy (non-hydrogen) atoms. The third-order valence-electron chi connectivity index (χ3n) is 5.73. The van der Waals surface area contributed by atoms with E-state index in [1.54, 1.807) is 32.9 Å². The Bertz CT molecular complexity index is 1410. The van der Waals surface area contributed by atoms with Gasteiger partial charge >= 0.3 is 12.1 Å². The summed E-state index contributed by atoms with van der Waals surface area (Å²) in [6.07, 6.45) is 0.0646. The van der Waals surface area contributed by atoms with E-state index in [9.17, 15) is 14.8 Å². The molecule has 0 aliphatic rings. The van der Waals surface area contributed by atoms with Crippen molar-refractivity contribution in [2.45, 2.75) is 45.3 Å². The van der Waals surface area contributed by atoms with Crippen molar-refractivity contribution in [3.8, 4) is 11.5 Å². The van der Waals surface area contributed by atoms with Crippen LogP contribution in [-0.4, -0.2) is 46.0 Å².